The summed E-state index contributed by atoms with van der Waals surface area (Å²) in [6, 6.07) is 8.65. The number of urea groups is 1. The average molecular weight is 408 g/mol. The predicted octanol–water partition coefficient (Wildman–Crippen LogP) is 5.06. The predicted molar refractivity (Wildman–Crippen MR) is 122 cm³/mol. The van der Waals surface area contributed by atoms with Gasteiger partial charge in [-0.3, -0.25) is 4.90 Å². The molecule has 0 saturated heterocycles. The number of nitrogens with zero attached hydrogens (tertiary/aromatic N) is 2. The fourth-order valence-electron chi connectivity index (χ4n) is 3.82. The maximum absolute atomic E-state index is 13.0. The van der Waals surface area contributed by atoms with Crippen LogP contribution in [0.15, 0.2) is 42.6 Å². The first-order valence-electron chi connectivity index (χ1n) is 10.1. The molecule has 6 nitrogen and oxygen atoms in total. The largest absolute Gasteiger partial charge is 0.508 e. The van der Waals surface area contributed by atoms with Crippen molar-refractivity contribution in [2.24, 2.45) is 7.05 Å². The molecular weight excluding hydrogens is 378 g/mol. The van der Waals surface area contributed by atoms with Crippen LogP contribution in [-0.2, 0) is 13.5 Å². The number of phenolic OH excluding ortho intramolecular Hbond substituents is 2. The van der Waals surface area contributed by atoms with Gasteiger partial charge in [-0.1, -0.05) is 19.9 Å². The molecule has 158 valence electrons. The van der Waals surface area contributed by atoms with Crippen LogP contribution in [0, 0.1) is 6.92 Å². The third-order valence-electron chi connectivity index (χ3n) is 5.34. The molecule has 2 amide bonds. The van der Waals surface area contributed by atoms with E-state index in [4.69, 9.17) is 0 Å². The average Bonchev–Trinajstić information content (AvgIpc) is 3.01. The highest BCUT2D eigenvalue weighted by Gasteiger charge is 2.24. The fraction of sp³-hybridized carbons (Fsp3) is 0.292. The van der Waals surface area contributed by atoms with Crippen molar-refractivity contribution in [3.05, 3.63) is 59.3 Å². The molecule has 0 aliphatic carbocycles. The maximum atomic E-state index is 13.0. The van der Waals surface area contributed by atoms with Gasteiger partial charge in [-0.05, 0) is 55.2 Å². The van der Waals surface area contributed by atoms with E-state index in [9.17, 15) is 15.0 Å². The van der Waals surface area contributed by atoms with E-state index in [0.717, 1.165) is 16.5 Å². The van der Waals surface area contributed by atoms with Crippen LogP contribution in [0.5, 0.6) is 11.5 Å². The fourth-order valence-corrected chi connectivity index (χ4v) is 3.82. The monoisotopic (exact) mass is 407 g/mol. The molecule has 30 heavy (non-hydrogen) atoms. The van der Waals surface area contributed by atoms with Crippen LogP contribution in [0.4, 0.5) is 10.5 Å². The van der Waals surface area contributed by atoms with Gasteiger partial charge in [0.1, 0.15) is 11.5 Å². The zero-order chi connectivity index (χ0) is 22.0. The molecule has 0 unspecified atom stereocenters. The molecule has 3 rings (SSSR count). The van der Waals surface area contributed by atoms with Gasteiger partial charge in [0.2, 0.25) is 0 Å². The molecule has 0 saturated carbocycles. The number of amides is 2. The highest BCUT2D eigenvalue weighted by Crippen LogP contribution is 2.37. The van der Waals surface area contributed by atoms with Gasteiger partial charge in [0.15, 0.2) is 0 Å². The van der Waals surface area contributed by atoms with Crippen LogP contribution in [0.3, 0.4) is 0 Å². The first kappa shape index (κ1) is 21.3. The molecule has 3 N–H and O–H groups in total. The summed E-state index contributed by atoms with van der Waals surface area (Å²) in [5, 5.41) is 24.5. The normalized spacial score (nSPS) is 11.7. The summed E-state index contributed by atoms with van der Waals surface area (Å²) in [5.41, 5.74) is 4.66. The molecule has 6 heteroatoms. The summed E-state index contributed by atoms with van der Waals surface area (Å²) in [6.07, 6.45) is 5.23. The van der Waals surface area contributed by atoms with E-state index < -0.39 is 0 Å². The van der Waals surface area contributed by atoms with E-state index in [1.807, 2.05) is 52.1 Å². The molecule has 0 bridgehead atoms. The van der Waals surface area contributed by atoms with Gasteiger partial charge in [0.05, 0.1) is 11.4 Å². The number of aromatic nitrogens is 1. The SMILES string of the molecule is CCC=C(c1cc(CC)c(O)cc1O)N(C(=O)NC)c1ccc2c(c1)c(C)cn2C. The van der Waals surface area contributed by atoms with Crippen LogP contribution >= 0.6 is 0 Å². The van der Waals surface area contributed by atoms with Crippen LogP contribution in [-0.4, -0.2) is 27.9 Å². The molecule has 0 aliphatic heterocycles. The van der Waals surface area contributed by atoms with Crippen molar-refractivity contribution in [1.82, 2.24) is 9.88 Å². The van der Waals surface area contributed by atoms with Crippen LogP contribution in [0.1, 0.15) is 37.0 Å². The number of benzene rings is 2. The van der Waals surface area contributed by atoms with E-state index in [0.29, 0.717) is 35.4 Å². The smallest absolute Gasteiger partial charge is 0.326 e. The maximum Gasteiger partial charge on any atom is 0.326 e. The van der Waals surface area contributed by atoms with Crippen molar-refractivity contribution >= 4 is 28.3 Å². The third-order valence-corrected chi connectivity index (χ3v) is 5.34. The molecule has 0 radical (unpaired) electrons. The Kier molecular flexibility index (Phi) is 6.06. The second-order valence-corrected chi connectivity index (χ2v) is 7.36. The first-order valence-corrected chi connectivity index (χ1v) is 10.1. The summed E-state index contributed by atoms with van der Waals surface area (Å²) in [7, 11) is 3.58. The Morgan fingerprint density at radius 1 is 1.17 bits per heavy atom. The highest BCUT2D eigenvalue weighted by molar-refractivity contribution is 6.07. The van der Waals surface area contributed by atoms with E-state index in [2.05, 4.69) is 16.1 Å². The van der Waals surface area contributed by atoms with Crippen LogP contribution in [0.25, 0.3) is 16.6 Å². The Balaban J connectivity index is 2.24. The molecule has 3 aromatic rings. The number of aromatic hydroxyl groups is 2. The summed E-state index contributed by atoms with van der Waals surface area (Å²) < 4.78 is 2.06. The van der Waals surface area contributed by atoms with Gasteiger partial charge in [0, 0.05) is 42.8 Å². The van der Waals surface area contributed by atoms with Gasteiger partial charge >= 0.3 is 6.03 Å². The second kappa shape index (κ2) is 8.53. The van der Waals surface area contributed by atoms with Crippen molar-refractivity contribution < 1.29 is 15.0 Å². The number of allylic oxidation sites excluding steroid dienone is 1. The number of nitrogens with one attached hydrogen (secondary N) is 1. The van der Waals surface area contributed by atoms with Gasteiger partial charge in [-0.2, -0.15) is 0 Å². The summed E-state index contributed by atoms with van der Waals surface area (Å²) in [5.74, 6) is -0.0299. The Bertz CT molecular complexity index is 1130. The molecule has 1 aromatic heterocycles. The Labute approximate surface area is 177 Å². The van der Waals surface area contributed by atoms with Crippen molar-refractivity contribution in [2.75, 3.05) is 11.9 Å². The lowest BCUT2D eigenvalue weighted by atomic mass is 10.0. The molecule has 0 atom stereocenters. The summed E-state index contributed by atoms with van der Waals surface area (Å²) >= 11 is 0. The topological polar surface area (TPSA) is 77.7 Å². The number of hydrogen-bond donors (Lipinski definition) is 3. The lowest BCUT2D eigenvalue weighted by Gasteiger charge is -2.27. The zero-order valence-corrected chi connectivity index (χ0v) is 18.2. The van der Waals surface area contributed by atoms with Crippen LogP contribution < -0.4 is 10.2 Å². The van der Waals surface area contributed by atoms with Crippen molar-refractivity contribution in [2.45, 2.75) is 33.6 Å². The van der Waals surface area contributed by atoms with E-state index in [1.54, 1.807) is 18.0 Å². The lowest BCUT2D eigenvalue weighted by molar-refractivity contribution is 0.250. The van der Waals surface area contributed by atoms with Crippen LogP contribution in [0.2, 0.25) is 0 Å². The number of fused-ring (bicyclic) bond motifs is 1. The van der Waals surface area contributed by atoms with E-state index in [-0.39, 0.29) is 17.5 Å². The van der Waals surface area contributed by atoms with Gasteiger partial charge in [-0.15, -0.1) is 0 Å². The molecule has 0 fully saturated rings. The Hall–Kier alpha value is -3.41. The standard InChI is InChI=1S/C24H29N3O3/c1-6-8-21(19-11-16(7-2)22(28)13-23(19)29)27(24(30)25-4)17-9-10-20-18(12-17)15(3)14-26(20)5/h8-14,28-29H,6-7H2,1-5H3,(H,25,30). The second-order valence-electron chi connectivity index (χ2n) is 7.36. The number of carbonyl (C=O) groups is 1. The third kappa shape index (κ3) is 3.73. The zero-order valence-electron chi connectivity index (χ0n) is 18.2. The molecular formula is C24H29N3O3. The Morgan fingerprint density at radius 3 is 2.53 bits per heavy atom. The molecule has 0 spiro atoms. The summed E-state index contributed by atoms with van der Waals surface area (Å²) in [6.45, 7) is 5.95. The number of hydrogen-bond acceptors (Lipinski definition) is 3. The van der Waals surface area contributed by atoms with Gasteiger partial charge < -0.3 is 20.1 Å². The van der Waals surface area contributed by atoms with E-state index >= 15 is 0 Å². The minimum absolute atomic E-state index is 0.0439. The number of aryl methyl sites for hydroxylation is 3. The number of rotatable bonds is 5. The molecule has 1 heterocycles. The minimum atomic E-state index is -0.312. The number of carbonyl (C=O) groups excluding carboxylic acids is 1. The summed E-state index contributed by atoms with van der Waals surface area (Å²) in [4.78, 5) is 14.6. The Morgan fingerprint density at radius 2 is 1.90 bits per heavy atom. The molecule has 0 aliphatic rings. The molecule has 2 aromatic carbocycles. The van der Waals surface area contributed by atoms with Gasteiger partial charge in [-0.25, -0.2) is 4.79 Å². The lowest BCUT2D eigenvalue weighted by Crippen LogP contribution is -2.37. The minimum Gasteiger partial charge on any atom is -0.508 e. The first-order chi connectivity index (χ1) is 14.3. The highest BCUT2D eigenvalue weighted by atomic mass is 16.3. The number of phenols is 2. The van der Waals surface area contributed by atoms with Crippen molar-refractivity contribution in [3.63, 3.8) is 0 Å². The van der Waals surface area contributed by atoms with Gasteiger partial charge in [0.25, 0.3) is 0 Å². The quantitative estimate of drug-likeness (QED) is 0.553. The van der Waals surface area contributed by atoms with Crippen molar-refractivity contribution in [3.8, 4) is 11.5 Å². The van der Waals surface area contributed by atoms with Crippen molar-refractivity contribution in [1.29, 1.82) is 0 Å². The van der Waals surface area contributed by atoms with E-state index in [1.165, 1.54) is 6.07 Å². The number of anilines is 1.